The Balaban J connectivity index is 1.17. The number of ether oxygens (including phenoxy) is 2. The molecule has 2 amide bonds. The summed E-state index contributed by atoms with van der Waals surface area (Å²) in [6.45, 7) is 1.87. The fraction of sp³-hybridized carbons (Fsp3) is 0.216. The molecular weight excluding hydrogens is 630 g/mol. The maximum atomic E-state index is 13.1. The SMILES string of the molecule is COC(=O)[C@@H](NC(=O)c1ccc(C#Cc2ccc(CNS(C)(=O)=O)cc2)cc1)[C@@H](C)NC(=O)OCC1c2ccccc2-c2ccccc21. The summed E-state index contributed by atoms with van der Waals surface area (Å²) in [5, 5.41) is 5.31. The summed E-state index contributed by atoms with van der Waals surface area (Å²) in [6.07, 6.45) is 0.378. The maximum absolute atomic E-state index is 13.1. The van der Waals surface area contributed by atoms with Gasteiger partial charge in [0.15, 0.2) is 0 Å². The van der Waals surface area contributed by atoms with Crippen LogP contribution >= 0.6 is 0 Å². The number of benzene rings is 4. The molecule has 246 valence electrons. The molecule has 11 heteroatoms. The second-order valence-electron chi connectivity index (χ2n) is 11.4. The van der Waals surface area contributed by atoms with Crippen LogP contribution in [0.1, 0.15) is 51.0 Å². The van der Waals surface area contributed by atoms with Crippen LogP contribution in [0, 0.1) is 11.8 Å². The molecule has 48 heavy (non-hydrogen) atoms. The van der Waals surface area contributed by atoms with Crippen molar-refractivity contribution in [1.29, 1.82) is 0 Å². The average Bonchev–Trinajstić information content (AvgIpc) is 3.41. The van der Waals surface area contributed by atoms with Gasteiger partial charge in [-0.15, -0.1) is 0 Å². The molecule has 5 rings (SSSR count). The zero-order valence-corrected chi connectivity index (χ0v) is 27.5. The Morgan fingerprint density at radius 1 is 0.792 bits per heavy atom. The van der Waals surface area contributed by atoms with Gasteiger partial charge >= 0.3 is 12.1 Å². The molecule has 0 saturated carbocycles. The first-order chi connectivity index (χ1) is 23.0. The minimum Gasteiger partial charge on any atom is -0.467 e. The second kappa shape index (κ2) is 15.0. The zero-order valence-electron chi connectivity index (χ0n) is 26.6. The van der Waals surface area contributed by atoms with E-state index in [0.717, 1.165) is 39.6 Å². The predicted molar refractivity (Wildman–Crippen MR) is 181 cm³/mol. The molecule has 1 aliphatic rings. The highest BCUT2D eigenvalue weighted by atomic mass is 32.2. The summed E-state index contributed by atoms with van der Waals surface area (Å²) >= 11 is 0. The molecule has 1 aliphatic carbocycles. The highest BCUT2D eigenvalue weighted by Crippen LogP contribution is 2.44. The van der Waals surface area contributed by atoms with Gasteiger partial charge in [-0.25, -0.2) is 22.7 Å². The quantitative estimate of drug-likeness (QED) is 0.169. The Morgan fingerprint density at radius 2 is 1.33 bits per heavy atom. The Kier molecular flexibility index (Phi) is 10.6. The van der Waals surface area contributed by atoms with Gasteiger partial charge < -0.3 is 20.1 Å². The molecule has 0 radical (unpaired) electrons. The number of nitrogens with one attached hydrogen (secondary N) is 3. The largest absolute Gasteiger partial charge is 0.467 e. The van der Waals surface area contributed by atoms with E-state index in [1.807, 2.05) is 48.5 Å². The van der Waals surface area contributed by atoms with Crippen LogP contribution in [0.3, 0.4) is 0 Å². The van der Waals surface area contributed by atoms with Crippen molar-refractivity contribution in [1.82, 2.24) is 15.4 Å². The van der Waals surface area contributed by atoms with E-state index in [0.29, 0.717) is 5.56 Å². The summed E-state index contributed by atoms with van der Waals surface area (Å²) < 4.78 is 35.5. The van der Waals surface area contributed by atoms with E-state index in [1.54, 1.807) is 55.5 Å². The highest BCUT2D eigenvalue weighted by Gasteiger charge is 2.32. The molecular formula is C37H35N3O7S. The molecule has 0 bridgehead atoms. The van der Waals surface area contributed by atoms with E-state index >= 15 is 0 Å². The van der Waals surface area contributed by atoms with Gasteiger partial charge in [-0.3, -0.25) is 4.79 Å². The molecule has 0 unspecified atom stereocenters. The molecule has 4 aromatic carbocycles. The van der Waals surface area contributed by atoms with Gasteiger partial charge in [0.25, 0.3) is 5.91 Å². The van der Waals surface area contributed by atoms with Gasteiger partial charge in [0.1, 0.15) is 12.6 Å². The van der Waals surface area contributed by atoms with Crippen LogP contribution < -0.4 is 15.4 Å². The fourth-order valence-electron chi connectivity index (χ4n) is 5.42. The van der Waals surface area contributed by atoms with Gasteiger partial charge in [-0.2, -0.15) is 0 Å². The lowest BCUT2D eigenvalue weighted by molar-refractivity contribution is -0.143. The van der Waals surface area contributed by atoms with Crippen LogP contribution in [0.2, 0.25) is 0 Å². The molecule has 3 N–H and O–H groups in total. The van der Waals surface area contributed by atoms with Crippen molar-refractivity contribution in [2.75, 3.05) is 20.0 Å². The molecule has 4 aromatic rings. The number of carbonyl (C=O) groups excluding carboxylic acids is 3. The van der Waals surface area contributed by atoms with E-state index in [-0.39, 0.29) is 24.6 Å². The number of hydrogen-bond acceptors (Lipinski definition) is 7. The van der Waals surface area contributed by atoms with E-state index < -0.39 is 40.1 Å². The van der Waals surface area contributed by atoms with Crippen LogP contribution in [0.15, 0.2) is 97.1 Å². The summed E-state index contributed by atoms with van der Waals surface area (Å²) in [5.41, 5.74) is 6.84. The number of hydrogen-bond donors (Lipinski definition) is 3. The van der Waals surface area contributed by atoms with Crippen LogP contribution in [0.4, 0.5) is 4.79 Å². The molecule has 0 heterocycles. The standard InChI is InChI=1S/C37H35N3O7S/c1-24(39-37(43)47-23-33-31-10-6-4-8-29(31)30-9-5-7-11-32(30)33)34(36(42)46-2)40-35(41)28-20-18-26(19-21-28)13-12-25-14-16-27(17-15-25)22-38-48(3,44)45/h4-11,14-21,24,33-34,38H,22-23H2,1-3H3,(H,39,43)(H,40,41)/t24-,34+/m1/s1. The number of sulfonamides is 1. The minimum absolute atomic E-state index is 0.102. The summed E-state index contributed by atoms with van der Waals surface area (Å²) in [5.74, 6) is 4.67. The molecule has 0 saturated heterocycles. The molecule has 0 aliphatic heterocycles. The third-order valence-corrected chi connectivity index (χ3v) is 8.59. The lowest BCUT2D eigenvalue weighted by Crippen LogP contribution is -2.54. The summed E-state index contributed by atoms with van der Waals surface area (Å²) in [7, 11) is -2.08. The van der Waals surface area contributed by atoms with Gasteiger partial charge in [0.2, 0.25) is 10.0 Å². The monoisotopic (exact) mass is 665 g/mol. The number of amides is 2. The first-order valence-corrected chi connectivity index (χ1v) is 17.1. The van der Waals surface area contributed by atoms with E-state index in [1.165, 1.54) is 7.11 Å². The van der Waals surface area contributed by atoms with Gasteiger partial charge in [0.05, 0.1) is 19.4 Å². The van der Waals surface area contributed by atoms with Crippen molar-refractivity contribution in [3.05, 3.63) is 130 Å². The number of fused-ring (bicyclic) bond motifs is 3. The molecule has 0 aromatic heterocycles. The average molecular weight is 666 g/mol. The second-order valence-corrected chi connectivity index (χ2v) is 13.2. The van der Waals surface area contributed by atoms with Gasteiger partial charge in [-0.05, 0) is 71.1 Å². The van der Waals surface area contributed by atoms with Crippen LogP contribution in [-0.4, -0.2) is 58.4 Å². The summed E-state index contributed by atoms with van der Waals surface area (Å²) in [6, 6.07) is 27.7. The number of esters is 1. The highest BCUT2D eigenvalue weighted by molar-refractivity contribution is 7.88. The van der Waals surface area contributed by atoms with Crippen molar-refractivity contribution >= 4 is 28.0 Å². The number of alkyl carbamates (subject to hydrolysis) is 1. The minimum atomic E-state index is -3.28. The van der Waals surface area contributed by atoms with E-state index in [4.69, 9.17) is 9.47 Å². The van der Waals surface area contributed by atoms with Crippen molar-refractivity contribution in [3.63, 3.8) is 0 Å². The predicted octanol–water partition coefficient (Wildman–Crippen LogP) is 4.33. The Morgan fingerprint density at radius 3 is 1.88 bits per heavy atom. The van der Waals surface area contributed by atoms with Crippen molar-refractivity contribution in [2.24, 2.45) is 0 Å². The molecule has 10 nitrogen and oxygen atoms in total. The summed E-state index contributed by atoms with van der Waals surface area (Å²) in [4.78, 5) is 38.6. The molecule has 0 fully saturated rings. The third kappa shape index (κ3) is 8.47. The van der Waals surface area contributed by atoms with Crippen LogP contribution in [0.5, 0.6) is 0 Å². The van der Waals surface area contributed by atoms with Gasteiger partial charge in [-0.1, -0.05) is 72.5 Å². The third-order valence-electron chi connectivity index (χ3n) is 7.92. The van der Waals surface area contributed by atoms with Gasteiger partial charge in [0, 0.05) is 29.2 Å². The first-order valence-electron chi connectivity index (χ1n) is 15.2. The topological polar surface area (TPSA) is 140 Å². The van der Waals surface area contributed by atoms with Crippen LogP contribution in [-0.2, 0) is 30.8 Å². The number of methoxy groups -OCH3 is 1. The van der Waals surface area contributed by atoms with Crippen molar-refractivity contribution < 1.29 is 32.3 Å². The van der Waals surface area contributed by atoms with E-state index in [9.17, 15) is 22.8 Å². The Hall–Kier alpha value is -5.44. The Bertz CT molecular complexity index is 1940. The first kappa shape index (κ1) is 33.9. The number of carbonyl (C=O) groups is 3. The normalized spacial score (nSPS) is 13.1. The Labute approximate surface area is 279 Å². The number of rotatable bonds is 10. The molecule has 0 spiro atoms. The maximum Gasteiger partial charge on any atom is 0.407 e. The lowest BCUT2D eigenvalue weighted by atomic mass is 9.98. The molecule has 2 atom stereocenters. The fourth-order valence-corrected chi connectivity index (χ4v) is 5.85. The zero-order chi connectivity index (χ0) is 34.3. The van der Waals surface area contributed by atoms with Crippen molar-refractivity contribution in [2.45, 2.75) is 31.5 Å². The van der Waals surface area contributed by atoms with Crippen LogP contribution in [0.25, 0.3) is 11.1 Å². The van der Waals surface area contributed by atoms with E-state index in [2.05, 4.69) is 27.2 Å². The lowest BCUT2D eigenvalue weighted by Gasteiger charge is -2.24. The van der Waals surface area contributed by atoms with Crippen molar-refractivity contribution in [3.8, 4) is 23.0 Å². The smallest absolute Gasteiger partial charge is 0.407 e.